The van der Waals surface area contributed by atoms with Gasteiger partial charge >= 0.3 is 0 Å². The Hall–Kier alpha value is -2.15. The molecule has 146 valence electrons. The molecule has 11 heteroatoms. The first kappa shape index (κ1) is 21.9. The molecule has 0 aliphatic rings. The summed E-state index contributed by atoms with van der Waals surface area (Å²) in [5, 5.41) is 59.6. The minimum absolute atomic E-state index is 0.0514. The van der Waals surface area contributed by atoms with Crippen LogP contribution in [0.4, 0.5) is 0 Å². The van der Waals surface area contributed by atoms with Gasteiger partial charge in [-0.1, -0.05) is 0 Å². The first-order valence-electron chi connectivity index (χ1n) is 7.74. The van der Waals surface area contributed by atoms with Crippen LogP contribution in [0.3, 0.4) is 0 Å². The normalized spacial score (nSPS) is 15.6. The van der Waals surface area contributed by atoms with E-state index in [4.69, 9.17) is 20.4 Å². The van der Waals surface area contributed by atoms with Crippen LogP contribution in [0.25, 0.3) is 0 Å². The summed E-state index contributed by atoms with van der Waals surface area (Å²) in [5.41, 5.74) is -0.103. The zero-order valence-corrected chi connectivity index (χ0v) is 13.8. The predicted molar refractivity (Wildman–Crippen MR) is 87.1 cm³/mol. The third-order valence-corrected chi connectivity index (χ3v) is 3.59. The highest BCUT2D eigenvalue weighted by Gasteiger charge is 2.23. The van der Waals surface area contributed by atoms with E-state index in [0.717, 1.165) is 12.4 Å². The lowest BCUT2D eigenvalue weighted by Crippen LogP contribution is -2.48. The van der Waals surface area contributed by atoms with Gasteiger partial charge in [-0.2, -0.15) is 0 Å². The van der Waals surface area contributed by atoms with Crippen molar-refractivity contribution in [2.75, 3.05) is 26.4 Å². The SMILES string of the molecule is O=C(NC(CO)C(O)CO)c1cncc(C(=O)NC(CO)C(O)CO)c1. The van der Waals surface area contributed by atoms with E-state index in [1.54, 1.807) is 0 Å². The quantitative estimate of drug-likeness (QED) is 0.202. The lowest BCUT2D eigenvalue weighted by Gasteiger charge is -2.21. The zero-order valence-electron chi connectivity index (χ0n) is 13.8. The molecule has 11 nitrogen and oxygen atoms in total. The molecule has 0 aliphatic carbocycles. The van der Waals surface area contributed by atoms with Gasteiger partial charge in [0, 0.05) is 12.4 Å². The topological polar surface area (TPSA) is 192 Å². The van der Waals surface area contributed by atoms with E-state index in [2.05, 4.69) is 15.6 Å². The van der Waals surface area contributed by atoms with Gasteiger partial charge in [0.1, 0.15) is 0 Å². The number of hydrogen-bond donors (Lipinski definition) is 8. The first-order valence-corrected chi connectivity index (χ1v) is 7.74. The van der Waals surface area contributed by atoms with Crippen LogP contribution in [0.5, 0.6) is 0 Å². The number of aliphatic hydroxyl groups excluding tert-OH is 6. The Morgan fingerprint density at radius 3 is 1.50 bits per heavy atom. The van der Waals surface area contributed by atoms with Gasteiger partial charge in [-0.15, -0.1) is 0 Å². The van der Waals surface area contributed by atoms with E-state index in [0.29, 0.717) is 0 Å². The van der Waals surface area contributed by atoms with Gasteiger partial charge in [0.25, 0.3) is 11.8 Å². The number of rotatable bonds is 10. The van der Waals surface area contributed by atoms with Crippen molar-refractivity contribution in [3.63, 3.8) is 0 Å². The van der Waals surface area contributed by atoms with E-state index in [1.807, 2.05) is 0 Å². The summed E-state index contributed by atoms with van der Waals surface area (Å²) in [6.07, 6.45) is -0.432. The van der Waals surface area contributed by atoms with Gasteiger partial charge in [0.2, 0.25) is 0 Å². The van der Waals surface area contributed by atoms with Crippen molar-refractivity contribution in [1.29, 1.82) is 0 Å². The molecule has 2 amide bonds. The van der Waals surface area contributed by atoms with Crippen LogP contribution in [0.15, 0.2) is 18.5 Å². The molecule has 0 bridgehead atoms. The van der Waals surface area contributed by atoms with Crippen molar-refractivity contribution >= 4 is 11.8 Å². The second-order valence-electron chi connectivity index (χ2n) is 5.49. The molecular weight excluding hydrogens is 350 g/mol. The Kier molecular flexibility index (Phi) is 9.05. The Morgan fingerprint density at radius 1 is 0.808 bits per heavy atom. The fourth-order valence-electron chi connectivity index (χ4n) is 1.97. The molecule has 1 aromatic rings. The summed E-state index contributed by atoms with van der Waals surface area (Å²) in [7, 11) is 0. The molecule has 0 aliphatic heterocycles. The van der Waals surface area contributed by atoms with Gasteiger partial charge in [-0.3, -0.25) is 14.6 Å². The number of hydrogen-bond acceptors (Lipinski definition) is 9. The van der Waals surface area contributed by atoms with Crippen molar-refractivity contribution in [1.82, 2.24) is 15.6 Å². The molecular formula is C15H23N3O8. The molecule has 26 heavy (non-hydrogen) atoms. The fraction of sp³-hybridized carbons (Fsp3) is 0.533. The standard InChI is InChI=1S/C15H23N3O8/c19-4-10(12(23)6-21)17-14(25)8-1-9(3-16-2-8)15(26)18-11(5-20)13(24)7-22/h1-3,10-13,19-24H,4-7H2,(H,17,25)(H,18,26). The van der Waals surface area contributed by atoms with Crippen LogP contribution < -0.4 is 10.6 Å². The second kappa shape index (κ2) is 10.8. The molecule has 1 rings (SSSR count). The highest BCUT2D eigenvalue weighted by Crippen LogP contribution is 2.06. The van der Waals surface area contributed by atoms with Gasteiger partial charge in [-0.25, -0.2) is 0 Å². The molecule has 4 unspecified atom stereocenters. The average Bonchev–Trinajstić information content (AvgIpc) is 2.68. The second-order valence-corrected chi connectivity index (χ2v) is 5.49. The van der Waals surface area contributed by atoms with Crippen LogP contribution in [-0.2, 0) is 0 Å². The molecule has 0 aromatic carbocycles. The number of carbonyl (C=O) groups is 2. The molecule has 0 saturated carbocycles. The number of amides is 2. The number of carbonyl (C=O) groups excluding carboxylic acids is 2. The van der Waals surface area contributed by atoms with Crippen LogP contribution in [0, 0.1) is 0 Å². The van der Waals surface area contributed by atoms with E-state index in [9.17, 15) is 19.8 Å². The van der Waals surface area contributed by atoms with E-state index in [1.165, 1.54) is 6.07 Å². The Balaban J connectivity index is 2.86. The van der Waals surface area contributed by atoms with E-state index < -0.39 is 62.5 Å². The predicted octanol–water partition coefficient (Wildman–Crippen LogP) is -4.03. The summed E-state index contributed by atoms with van der Waals surface area (Å²) in [6.45, 7) is -2.56. The van der Waals surface area contributed by atoms with Crippen molar-refractivity contribution in [2.45, 2.75) is 24.3 Å². The number of aromatic nitrogens is 1. The van der Waals surface area contributed by atoms with Crippen molar-refractivity contribution in [2.24, 2.45) is 0 Å². The van der Waals surface area contributed by atoms with Crippen LogP contribution >= 0.6 is 0 Å². The summed E-state index contributed by atoms with van der Waals surface area (Å²) >= 11 is 0. The smallest absolute Gasteiger partial charge is 0.253 e. The molecule has 1 heterocycles. The van der Waals surface area contributed by atoms with Crippen molar-refractivity contribution in [3.05, 3.63) is 29.6 Å². The zero-order chi connectivity index (χ0) is 19.7. The summed E-state index contributed by atoms with van der Waals surface area (Å²) in [5.74, 6) is -1.49. The van der Waals surface area contributed by atoms with E-state index >= 15 is 0 Å². The summed E-state index contributed by atoms with van der Waals surface area (Å²) < 4.78 is 0. The minimum Gasteiger partial charge on any atom is -0.394 e. The minimum atomic E-state index is -1.37. The Bertz CT molecular complexity index is 553. The third-order valence-electron chi connectivity index (χ3n) is 3.59. The Labute approximate surface area is 148 Å². The molecule has 8 N–H and O–H groups in total. The Morgan fingerprint density at radius 2 is 1.19 bits per heavy atom. The van der Waals surface area contributed by atoms with Gasteiger partial charge in [-0.05, 0) is 6.07 Å². The van der Waals surface area contributed by atoms with E-state index in [-0.39, 0.29) is 11.1 Å². The molecule has 1 aromatic heterocycles. The van der Waals surface area contributed by atoms with Crippen LogP contribution in [-0.4, -0.2) is 98.2 Å². The largest absolute Gasteiger partial charge is 0.394 e. The lowest BCUT2D eigenvalue weighted by atomic mass is 10.1. The van der Waals surface area contributed by atoms with Gasteiger partial charge in [0.15, 0.2) is 0 Å². The molecule has 4 atom stereocenters. The molecule has 0 spiro atoms. The van der Waals surface area contributed by atoms with Crippen LogP contribution in [0.2, 0.25) is 0 Å². The highest BCUT2D eigenvalue weighted by atomic mass is 16.3. The van der Waals surface area contributed by atoms with Crippen molar-refractivity contribution < 1.29 is 40.2 Å². The third kappa shape index (κ3) is 5.98. The lowest BCUT2D eigenvalue weighted by molar-refractivity contribution is 0.0387. The van der Waals surface area contributed by atoms with Gasteiger partial charge in [0.05, 0.1) is 61.8 Å². The summed E-state index contributed by atoms with van der Waals surface area (Å²) in [4.78, 5) is 28.0. The van der Waals surface area contributed by atoms with Gasteiger partial charge < -0.3 is 41.3 Å². The number of nitrogens with zero attached hydrogens (tertiary/aromatic N) is 1. The first-order chi connectivity index (χ1) is 12.4. The average molecular weight is 373 g/mol. The summed E-state index contributed by atoms with van der Waals surface area (Å²) in [6, 6.07) is -1.04. The molecule has 0 radical (unpaired) electrons. The number of pyridine rings is 1. The maximum absolute atomic E-state index is 12.1. The van der Waals surface area contributed by atoms with Crippen molar-refractivity contribution in [3.8, 4) is 0 Å². The highest BCUT2D eigenvalue weighted by molar-refractivity contribution is 5.99. The molecule has 0 fully saturated rings. The number of aliphatic hydroxyl groups is 6. The monoisotopic (exact) mass is 373 g/mol. The molecule has 0 saturated heterocycles. The fourth-order valence-corrected chi connectivity index (χ4v) is 1.97. The number of nitrogens with one attached hydrogen (secondary N) is 2. The maximum atomic E-state index is 12.1. The van der Waals surface area contributed by atoms with Crippen LogP contribution in [0.1, 0.15) is 20.7 Å². The maximum Gasteiger partial charge on any atom is 0.253 e.